The van der Waals surface area contributed by atoms with Crippen molar-refractivity contribution in [3.05, 3.63) is 77.6 Å². The Morgan fingerprint density at radius 1 is 1.29 bits per heavy atom. The van der Waals surface area contributed by atoms with Gasteiger partial charge >= 0.3 is 0 Å². The molecule has 0 radical (unpaired) electrons. The quantitative estimate of drug-likeness (QED) is 0.748. The number of rotatable bonds is 4. The number of nitrogens with one attached hydrogen (secondary N) is 1. The van der Waals surface area contributed by atoms with Gasteiger partial charge in [-0.15, -0.1) is 0 Å². The van der Waals surface area contributed by atoms with E-state index in [1.807, 2.05) is 23.1 Å². The molecule has 2 aromatic rings. The van der Waals surface area contributed by atoms with Crippen molar-refractivity contribution < 1.29 is 9.53 Å². The summed E-state index contributed by atoms with van der Waals surface area (Å²) in [7, 11) is 1.72. The van der Waals surface area contributed by atoms with Gasteiger partial charge in [-0.05, 0) is 66.0 Å². The molecule has 3 heterocycles. The molecule has 2 atom stereocenters. The van der Waals surface area contributed by atoms with Crippen LogP contribution in [0.25, 0.3) is 11.6 Å². The fourth-order valence-corrected chi connectivity index (χ4v) is 4.91. The number of aromatic nitrogens is 1. The van der Waals surface area contributed by atoms with E-state index in [4.69, 9.17) is 4.74 Å². The van der Waals surface area contributed by atoms with Crippen molar-refractivity contribution in [1.29, 1.82) is 0 Å². The fourth-order valence-electron chi connectivity index (χ4n) is 4.91. The lowest BCUT2D eigenvalue weighted by atomic mass is 9.98. The number of hydrogen-bond donors (Lipinski definition) is 1. The summed E-state index contributed by atoms with van der Waals surface area (Å²) in [4.78, 5) is 19.2. The van der Waals surface area contributed by atoms with Crippen LogP contribution in [0.1, 0.15) is 29.5 Å². The van der Waals surface area contributed by atoms with Crippen molar-refractivity contribution >= 4 is 23.4 Å². The largest absolute Gasteiger partial charge is 0.496 e. The van der Waals surface area contributed by atoms with Crippen LogP contribution in [0.15, 0.2) is 61.0 Å². The highest BCUT2D eigenvalue weighted by molar-refractivity contribution is 5.92. The van der Waals surface area contributed by atoms with E-state index in [-0.39, 0.29) is 5.91 Å². The summed E-state index contributed by atoms with van der Waals surface area (Å²) in [6.07, 6.45) is 10.5. The molecule has 1 saturated heterocycles. The monoisotopic (exact) mass is 413 g/mol. The van der Waals surface area contributed by atoms with Gasteiger partial charge in [-0.3, -0.25) is 4.79 Å². The highest BCUT2D eigenvalue weighted by Crippen LogP contribution is 2.43. The Labute approximate surface area is 183 Å². The third-order valence-electron chi connectivity index (χ3n) is 6.55. The number of carbonyl (C=O) groups excluding carboxylic acids is 1. The molecule has 1 aromatic carbocycles. The summed E-state index contributed by atoms with van der Waals surface area (Å²) < 4.78 is 5.53. The van der Waals surface area contributed by atoms with Gasteiger partial charge < -0.3 is 15.0 Å². The zero-order chi connectivity index (χ0) is 21.4. The molecule has 3 aliphatic rings. The summed E-state index contributed by atoms with van der Waals surface area (Å²) in [5.74, 6) is 2.78. The van der Waals surface area contributed by atoms with Gasteiger partial charge in [0.1, 0.15) is 11.6 Å². The van der Waals surface area contributed by atoms with Crippen molar-refractivity contribution in [2.75, 3.05) is 25.5 Å². The Bertz CT molecular complexity index is 1100. The van der Waals surface area contributed by atoms with Crippen LogP contribution >= 0.6 is 0 Å². The first-order valence-corrected chi connectivity index (χ1v) is 10.9. The number of anilines is 1. The number of fused-ring (bicyclic) bond motifs is 2. The molecule has 1 fully saturated rings. The van der Waals surface area contributed by atoms with Crippen LogP contribution in [-0.2, 0) is 11.2 Å². The van der Waals surface area contributed by atoms with Gasteiger partial charge in [0.25, 0.3) is 0 Å². The maximum absolute atomic E-state index is 12.8. The Hall–Kier alpha value is -3.34. The van der Waals surface area contributed by atoms with Gasteiger partial charge in [0.05, 0.1) is 7.11 Å². The third kappa shape index (κ3) is 3.88. The molecule has 5 nitrogen and oxygen atoms in total. The number of methoxy groups -OCH3 is 1. The molecule has 1 amide bonds. The van der Waals surface area contributed by atoms with Crippen LogP contribution in [0.3, 0.4) is 0 Å². The molecule has 5 rings (SSSR count). The minimum Gasteiger partial charge on any atom is -0.496 e. The SMILES string of the molecule is C=C1CCc2cc(/C=C/C(=O)N3CC4C=C(c5ccccc5OC)CC4C3)cnc2N1. The first kappa shape index (κ1) is 19.6. The second kappa shape index (κ2) is 8.06. The van der Waals surface area contributed by atoms with Crippen LogP contribution in [0, 0.1) is 11.8 Å². The average Bonchev–Trinajstić information content (AvgIpc) is 3.37. The summed E-state index contributed by atoms with van der Waals surface area (Å²) in [5, 5.41) is 3.22. The molecule has 1 aromatic heterocycles. The molecule has 5 heteroatoms. The first-order chi connectivity index (χ1) is 15.1. The summed E-state index contributed by atoms with van der Waals surface area (Å²) in [5.41, 5.74) is 5.65. The number of ether oxygens (including phenoxy) is 1. The summed E-state index contributed by atoms with van der Waals surface area (Å²) in [6.45, 7) is 5.55. The zero-order valence-electron chi connectivity index (χ0n) is 17.8. The molecule has 158 valence electrons. The molecule has 1 aliphatic carbocycles. The lowest BCUT2D eigenvalue weighted by Crippen LogP contribution is -2.27. The normalized spacial score (nSPS) is 22.2. The Morgan fingerprint density at radius 2 is 2.16 bits per heavy atom. The van der Waals surface area contributed by atoms with Crippen LogP contribution in [0.5, 0.6) is 5.75 Å². The van der Waals surface area contributed by atoms with E-state index in [2.05, 4.69) is 41.2 Å². The third-order valence-corrected chi connectivity index (χ3v) is 6.55. The number of aryl methyl sites for hydroxylation is 1. The van der Waals surface area contributed by atoms with Crippen LogP contribution in [0.2, 0.25) is 0 Å². The molecule has 0 saturated carbocycles. The standard InChI is InChI=1S/C26H27N3O2/c1-17-7-9-19-11-18(14-27-26(19)28-17)8-10-25(30)29-15-21-12-20(13-22(21)16-29)23-5-3-4-6-24(23)31-2/h3-6,8,10-12,14,21-22H,1,7,9,13,15-16H2,2H3,(H,27,28)/b10-8+. The fraction of sp³-hybridized carbons (Fsp3) is 0.308. The highest BCUT2D eigenvalue weighted by Gasteiger charge is 2.38. The molecule has 31 heavy (non-hydrogen) atoms. The number of pyridine rings is 1. The maximum Gasteiger partial charge on any atom is 0.246 e. The van der Waals surface area contributed by atoms with Crippen LogP contribution < -0.4 is 10.1 Å². The van der Waals surface area contributed by atoms with Gasteiger partial charge in [0.15, 0.2) is 0 Å². The number of benzene rings is 1. The van der Waals surface area contributed by atoms with Crippen molar-refractivity contribution in [3.8, 4) is 5.75 Å². The lowest BCUT2D eigenvalue weighted by molar-refractivity contribution is -0.125. The molecular formula is C26H27N3O2. The molecular weight excluding hydrogens is 386 g/mol. The number of allylic oxidation sites excluding steroid dienone is 2. The van der Waals surface area contributed by atoms with Gasteiger partial charge in [-0.2, -0.15) is 0 Å². The van der Waals surface area contributed by atoms with E-state index >= 15 is 0 Å². The minimum atomic E-state index is 0.0749. The molecule has 2 unspecified atom stereocenters. The Balaban J connectivity index is 1.24. The van der Waals surface area contributed by atoms with Crippen molar-refractivity contribution in [3.63, 3.8) is 0 Å². The van der Waals surface area contributed by atoms with Gasteiger partial charge in [-0.25, -0.2) is 4.98 Å². The predicted octanol–water partition coefficient (Wildman–Crippen LogP) is 4.54. The molecule has 0 spiro atoms. The summed E-state index contributed by atoms with van der Waals surface area (Å²) >= 11 is 0. The number of carbonyl (C=O) groups is 1. The number of amides is 1. The minimum absolute atomic E-state index is 0.0749. The second-order valence-electron chi connectivity index (χ2n) is 8.60. The summed E-state index contributed by atoms with van der Waals surface area (Å²) in [6, 6.07) is 10.3. The molecule has 1 N–H and O–H groups in total. The van der Waals surface area contributed by atoms with Gasteiger partial charge in [0, 0.05) is 36.6 Å². The average molecular weight is 414 g/mol. The zero-order valence-corrected chi connectivity index (χ0v) is 17.8. The van der Waals surface area contributed by atoms with E-state index < -0.39 is 0 Å². The smallest absolute Gasteiger partial charge is 0.246 e. The molecule has 2 aliphatic heterocycles. The number of hydrogen-bond acceptors (Lipinski definition) is 4. The maximum atomic E-state index is 12.8. The van der Waals surface area contributed by atoms with Crippen molar-refractivity contribution in [1.82, 2.24) is 9.88 Å². The van der Waals surface area contributed by atoms with Crippen molar-refractivity contribution in [2.45, 2.75) is 19.3 Å². The van der Waals surface area contributed by atoms with Crippen LogP contribution in [0.4, 0.5) is 5.82 Å². The van der Waals surface area contributed by atoms with E-state index in [0.717, 1.165) is 55.2 Å². The van der Waals surface area contributed by atoms with Crippen molar-refractivity contribution in [2.24, 2.45) is 11.8 Å². The second-order valence-corrected chi connectivity index (χ2v) is 8.60. The van der Waals surface area contributed by atoms with E-state index in [0.29, 0.717) is 11.8 Å². The number of likely N-dealkylation sites (tertiary alicyclic amines) is 1. The topological polar surface area (TPSA) is 54.5 Å². The van der Waals surface area contributed by atoms with E-state index in [1.54, 1.807) is 19.4 Å². The highest BCUT2D eigenvalue weighted by atomic mass is 16.5. The van der Waals surface area contributed by atoms with Crippen LogP contribution in [-0.4, -0.2) is 36.0 Å². The Morgan fingerprint density at radius 3 is 3.00 bits per heavy atom. The lowest BCUT2D eigenvalue weighted by Gasteiger charge is -2.19. The van der Waals surface area contributed by atoms with E-state index in [9.17, 15) is 4.79 Å². The predicted molar refractivity (Wildman–Crippen MR) is 124 cm³/mol. The van der Waals surface area contributed by atoms with Gasteiger partial charge in [0.2, 0.25) is 5.91 Å². The van der Waals surface area contributed by atoms with E-state index in [1.165, 1.54) is 16.7 Å². The van der Waals surface area contributed by atoms with Gasteiger partial charge in [-0.1, -0.05) is 30.9 Å². The molecule has 0 bridgehead atoms. The first-order valence-electron chi connectivity index (χ1n) is 10.9. The number of nitrogens with zero attached hydrogens (tertiary/aromatic N) is 2. The Kier molecular flexibility index (Phi) is 5.10. The number of para-hydroxylation sites is 1.